The Hall–Kier alpha value is 0.341. The van der Waals surface area contributed by atoms with Gasteiger partial charge in [-0.3, -0.25) is 0 Å². The fourth-order valence-electron chi connectivity index (χ4n) is 1.39. The number of fused-ring (bicyclic) bond motifs is 1. The molecule has 1 aromatic heterocycles. The van der Waals surface area contributed by atoms with Gasteiger partial charge in [0.2, 0.25) is 0 Å². The molecule has 2 aromatic rings. The molecule has 0 atom stereocenters. The fraction of sp³-hybridized carbons (Fsp3) is 0.0909. The van der Waals surface area contributed by atoms with Crippen molar-refractivity contribution in [3.8, 4) is 0 Å². The van der Waals surface area contributed by atoms with Gasteiger partial charge >= 0.3 is 58.4 Å². The zero-order chi connectivity index (χ0) is 12.5. The Morgan fingerprint density at radius 1 is 1.28 bits per heavy atom. The van der Waals surface area contributed by atoms with Crippen LogP contribution in [0.25, 0.3) is 10.9 Å². The Labute approximate surface area is 150 Å². The Kier molecular flexibility index (Phi) is 6.08. The van der Waals surface area contributed by atoms with Crippen LogP contribution in [0.2, 0.25) is 0 Å². The number of nitrogens with one attached hydrogen (secondary N) is 1. The SMILES string of the molecule is C=C(CSc1cc2ccccc2[nH]1)[B-](F)(F)F.[K+]. The third-order valence-electron chi connectivity index (χ3n) is 2.38. The van der Waals surface area contributed by atoms with Gasteiger partial charge in [-0.25, -0.2) is 0 Å². The number of H-pyrrole nitrogens is 1. The first-order chi connectivity index (χ1) is 7.97. The summed E-state index contributed by atoms with van der Waals surface area (Å²) in [4.78, 5) is 3.06. The molecule has 18 heavy (non-hydrogen) atoms. The van der Waals surface area contributed by atoms with Crippen molar-refractivity contribution in [3.63, 3.8) is 0 Å². The van der Waals surface area contributed by atoms with Crippen LogP contribution in [-0.2, 0) is 0 Å². The molecule has 0 aliphatic carbocycles. The number of hydrogen-bond donors (Lipinski definition) is 1. The molecule has 0 fully saturated rings. The van der Waals surface area contributed by atoms with Crippen molar-refractivity contribution in [2.75, 3.05) is 5.75 Å². The predicted molar refractivity (Wildman–Crippen MR) is 67.2 cm³/mol. The molecule has 1 aromatic carbocycles. The molecule has 7 heteroatoms. The maximum Gasteiger partial charge on any atom is 1.00 e. The summed E-state index contributed by atoms with van der Waals surface area (Å²) in [5.41, 5.74) is 0.270. The third kappa shape index (κ3) is 4.18. The van der Waals surface area contributed by atoms with Crippen molar-refractivity contribution in [3.05, 3.63) is 42.4 Å². The largest absolute Gasteiger partial charge is 1.00 e. The molecule has 0 unspecified atom stereocenters. The van der Waals surface area contributed by atoms with Crippen molar-refractivity contribution in [1.29, 1.82) is 0 Å². The van der Waals surface area contributed by atoms with Gasteiger partial charge in [-0.2, -0.15) is 0 Å². The molecule has 0 saturated carbocycles. The minimum atomic E-state index is -4.93. The van der Waals surface area contributed by atoms with E-state index in [1.165, 1.54) is 0 Å². The molecule has 0 amide bonds. The molecule has 0 saturated heterocycles. The summed E-state index contributed by atoms with van der Waals surface area (Å²) in [6, 6.07) is 9.42. The monoisotopic (exact) mass is 295 g/mol. The number of benzene rings is 1. The van der Waals surface area contributed by atoms with Crippen LogP contribution in [0.1, 0.15) is 0 Å². The summed E-state index contributed by atoms with van der Waals surface area (Å²) in [6.07, 6.45) is 0. The van der Waals surface area contributed by atoms with Gasteiger partial charge in [-0.1, -0.05) is 18.2 Å². The molecule has 0 radical (unpaired) electrons. The molecular formula is C11H10BF3KNS. The van der Waals surface area contributed by atoms with Gasteiger partial charge in [0.1, 0.15) is 0 Å². The van der Waals surface area contributed by atoms with Crippen LogP contribution in [0.5, 0.6) is 0 Å². The van der Waals surface area contributed by atoms with E-state index in [9.17, 15) is 12.9 Å². The zero-order valence-corrected chi connectivity index (χ0v) is 13.9. The van der Waals surface area contributed by atoms with E-state index in [2.05, 4.69) is 11.6 Å². The van der Waals surface area contributed by atoms with Crippen molar-refractivity contribution >= 4 is 29.6 Å². The minimum absolute atomic E-state index is 0. The average Bonchev–Trinajstić information content (AvgIpc) is 2.66. The van der Waals surface area contributed by atoms with Gasteiger partial charge in [-0.05, 0) is 17.9 Å². The van der Waals surface area contributed by atoms with E-state index < -0.39 is 12.4 Å². The minimum Gasteiger partial charge on any atom is -0.445 e. The van der Waals surface area contributed by atoms with E-state index in [1.54, 1.807) is 0 Å². The maximum absolute atomic E-state index is 12.3. The van der Waals surface area contributed by atoms with E-state index in [0.29, 0.717) is 0 Å². The van der Waals surface area contributed by atoms with Crippen LogP contribution in [-0.4, -0.2) is 17.7 Å². The maximum atomic E-state index is 12.3. The molecular weight excluding hydrogens is 285 g/mol. The van der Waals surface area contributed by atoms with Crippen molar-refractivity contribution in [2.24, 2.45) is 0 Å². The first kappa shape index (κ1) is 16.4. The Morgan fingerprint density at radius 3 is 2.56 bits per heavy atom. The topological polar surface area (TPSA) is 15.8 Å². The Morgan fingerprint density at radius 2 is 1.94 bits per heavy atom. The van der Waals surface area contributed by atoms with Crippen LogP contribution in [0.15, 0.2) is 47.4 Å². The van der Waals surface area contributed by atoms with Gasteiger partial charge in [0, 0.05) is 10.9 Å². The van der Waals surface area contributed by atoms with Crippen LogP contribution in [0.4, 0.5) is 12.9 Å². The van der Waals surface area contributed by atoms with Crippen LogP contribution in [0.3, 0.4) is 0 Å². The molecule has 0 bridgehead atoms. The standard InChI is InChI=1S/C11H10BF3NS.K/c1-8(12(13,14)15)7-17-11-6-9-4-2-3-5-10(9)16-11;/h2-6,16H,1,7H2;/q-1;+1. The predicted octanol–water partition coefficient (Wildman–Crippen LogP) is 1.21. The van der Waals surface area contributed by atoms with Crippen LogP contribution in [0, 0.1) is 0 Å². The number of rotatable bonds is 4. The van der Waals surface area contributed by atoms with Gasteiger partial charge in [-0.15, -0.1) is 23.8 Å². The second kappa shape index (κ2) is 6.67. The summed E-state index contributed by atoms with van der Waals surface area (Å²) in [5, 5.41) is 1.73. The van der Waals surface area contributed by atoms with Gasteiger partial charge in [0.05, 0.1) is 5.03 Å². The first-order valence-electron chi connectivity index (χ1n) is 5.05. The molecule has 0 spiro atoms. The summed E-state index contributed by atoms with van der Waals surface area (Å²) >= 11 is 1.12. The molecule has 90 valence electrons. The van der Waals surface area contributed by atoms with Crippen molar-refractivity contribution in [1.82, 2.24) is 4.98 Å². The van der Waals surface area contributed by atoms with E-state index >= 15 is 0 Å². The number of halogens is 3. The third-order valence-corrected chi connectivity index (χ3v) is 3.43. The van der Waals surface area contributed by atoms with Crippen molar-refractivity contribution in [2.45, 2.75) is 5.03 Å². The number of thioether (sulfide) groups is 1. The fourth-order valence-corrected chi connectivity index (χ4v) is 2.31. The van der Waals surface area contributed by atoms with Gasteiger partial charge in [0.25, 0.3) is 0 Å². The second-order valence-electron chi connectivity index (χ2n) is 3.74. The quantitative estimate of drug-likeness (QED) is 0.662. The number of aromatic nitrogens is 1. The van der Waals surface area contributed by atoms with E-state index in [-0.39, 0.29) is 57.1 Å². The van der Waals surface area contributed by atoms with E-state index in [1.807, 2.05) is 30.3 Å². The van der Waals surface area contributed by atoms with Crippen molar-refractivity contribution < 1.29 is 64.3 Å². The van der Waals surface area contributed by atoms with E-state index in [0.717, 1.165) is 27.7 Å². The van der Waals surface area contributed by atoms with Gasteiger partial charge in [0.15, 0.2) is 0 Å². The van der Waals surface area contributed by atoms with E-state index in [4.69, 9.17) is 0 Å². The summed E-state index contributed by atoms with van der Waals surface area (Å²) in [5.74, 6) is -0.129. The average molecular weight is 295 g/mol. The molecule has 1 N–H and O–H groups in total. The second-order valence-corrected chi connectivity index (χ2v) is 4.76. The van der Waals surface area contributed by atoms with Crippen LogP contribution >= 0.6 is 11.8 Å². The number of hydrogen-bond acceptors (Lipinski definition) is 1. The number of para-hydroxylation sites is 1. The van der Waals surface area contributed by atoms with Gasteiger partial charge < -0.3 is 17.9 Å². The zero-order valence-electron chi connectivity index (χ0n) is 9.92. The first-order valence-corrected chi connectivity index (χ1v) is 6.03. The summed E-state index contributed by atoms with van der Waals surface area (Å²) < 4.78 is 36.9. The Bertz CT molecular complexity index is 519. The summed E-state index contributed by atoms with van der Waals surface area (Å²) in [7, 11) is 0. The smallest absolute Gasteiger partial charge is 0.445 e. The number of aromatic amines is 1. The molecule has 0 aliphatic heterocycles. The Balaban J connectivity index is 0.00000162. The molecule has 1 heterocycles. The molecule has 0 aliphatic rings. The molecule has 2 rings (SSSR count). The van der Waals surface area contributed by atoms with Crippen LogP contribution < -0.4 is 51.4 Å². The normalized spacial score (nSPS) is 11.3. The molecule has 1 nitrogen and oxygen atoms in total. The summed E-state index contributed by atoms with van der Waals surface area (Å²) in [6.45, 7) is -1.86.